The first-order valence-electron chi connectivity index (χ1n) is 7.15. The van der Waals surface area contributed by atoms with Gasteiger partial charge in [0.2, 0.25) is 17.5 Å². The molecule has 3 atom stereocenters. The standard InChI is InChI=1S/C13H17N5O6/c1-23-4-8(21)13(2-6(20)7(3-19)24-13)18-5-15-9-10(18)16-12(14)17-11(9)22/h5-7,19-20H,2-4H2,1H3,(H3,14,16,17,22)/t6-,7+,13-/m0/s1. The summed E-state index contributed by atoms with van der Waals surface area (Å²) in [7, 11) is 1.34. The molecule has 0 spiro atoms. The van der Waals surface area contributed by atoms with Crippen molar-refractivity contribution in [3.8, 4) is 0 Å². The molecule has 2 aromatic rings. The van der Waals surface area contributed by atoms with Crippen LogP contribution in [0.2, 0.25) is 0 Å². The van der Waals surface area contributed by atoms with Crippen molar-refractivity contribution in [3.05, 3.63) is 16.7 Å². The van der Waals surface area contributed by atoms with Crippen LogP contribution in [-0.2, 0) is 20.0 Å². The molecule has 0 aliphatic carbocycles. The Morgan fingerprint density at radius 3 is 3.04 bits per heavy atom. The average molecular weight is 339 g/mol. The minimum atomic E-state index is -1.70. The molecule has 1 fully saturated rings. The van der Waals surface area contributed by atoms with E-state index in [1.807, 2.05) is 0 Å². The summed E-state index contributed by atoms with van der Waals surface area (Å²) in [6.45, 7) is -0.783. The van der Waals surface area contributed by atoms with E-state index in [0.717, 1.165) is 0 Å². The van der Waals surface area contributed by atoms with Gasteiger partial charge in [-0.25, -0.2) is 4.98 Å². The summed E-state index contributed by atoms with van der Waals surface area (Å²) in [5.74, 6) is -0.666. The topological polar surface area (TPSA) is 166 Å². The zero-order chi connectivity index (χ0) is 17.5. The molecule has 24 heavy (non-hydrogen) atoms. The van der Waals surface area contributed by atoms with Crippen LogP contribution in [0.15, 0.2) is 11.1 Å². The number of nitrogens with zero attached hydrogens (tertiary/aromatic N) is 3. The van der Waals surface area contributed by atoms with Gasteiger partial charge < -0.3 is 25.4 Å². The number of Topliss-reactive ketones (excluding diaryl/α,β-unsaturated/α-hetero) is 1. The number of carbonyl (C=O) groups is 1. The maximum absolute atomic E-state index is 12.6. The lowest BCUT2D eigenvalue weighted by Gasteiger charge is -2.28. The number of hydrogen-bond donors (Lipinski definition) is 4. The molecular weight excluding hydrogens is 322 g/mol. The highest BCUT2D eigenvalue weighted by Gasteiger charge is 2.53. The van der Waals surface area contributed by atoms with E-state index in [9.17, 15) is 19.8 Å². The third-order valence-corrected chi connectivity index (χ3v) is 3.97. The van der Waals surface area contributed by atoms with Crippen LogP contribution in [0.25, 0.3) is 11.2 Å². The zero-order valence-corrected chi connectivity index (χ0v) is 12.8. The van der Waals surface area contributed by atoms with Gasteiger partial charge in [0.15, 0.2) is 11.2 Å². The predicted octanol–water partition coefficient (Wildman–Crippen LogP) is -2.29. The number of ketones is 1. The number of nitrogens with one attached hydrogen (secondary N) is 1. The first-order valence-corrected chi connectivity index (χ1v) is 7.15. The van der Waals surface area contributed by atoms with Gasteiger partial charge in [0.1, 0.15) is 19.0 Å². The lowest BCUT2D eigenvalue weighted by atomic mass is 10.0. The smallest absolute Gasteiger partial charge is 0.280 e. The summed E-state index contributed by atoms with van der Waals surface area (Å²) in [4.78, 5) is 34.8. The Morgan fingerprint density at radius 2 is 2.42 bits per heavy atom. The average Bonchev–Trinajstić information content (AvgIpc) is 3.09. The van der Waals surface area contributed by atoms with E-state index in [-0.39, 0.29) is 30.1 Å². The highest BCUT2D eigenvalue weighted by atomic mass is 16.6. The first-order chi connectivity index (χ1) is 11.4. The lowest BCUT2D eigenvalue weighted by Crippen LogP contribution is -2.44. The number of imidazole rings is 1. The van der Waals surface area contributed by atoms with Crippen LogP contribution < -0.4 is 11.3 Å². The Labute approximate surface area is 135 Å². The van der Waals surface area contributed by atoms with Gasteiger partial charge in [0.05, 0.1) is 12.7 Å². The van der Waals surface area contributed by atoms with Gasteiger partial charge in [0, 0.05) is 13.5 Å². The minimum absolute atomic E-state index is 0.0284. The predicted molar refractivity (Wildman–Crippen MR) is 80.0 cm³/mol. The molecule has 2 aromatic heterocycles. The number of aliphatic hydroxyl groups is 2. The van der Waals surface area contributed by atoms with E-state index in [2.05, 4.69) is 15.0 Å². The number of ether oxygens (including phenoxy) is 2. The Balaban J connectivity index is 2.21. The quantitative estimate of drug-likeness (QED) is 0.469. The minimum Gasteiger partial charge on any atom is -0.394 e. The van der Waals surface area contributed by atoms with Gasteiger partial charge >= 0.3 is 0 Å². The van der Waals surface area contributed by atoms with Crippen molar-refractivity contribution in [2.45, 2.75) is 24.4 Å². The van der Waals surface area contributed by atoms with Crippen LogP contribution in [0, 0.1) is 0 Å². The molecule has 0 aromatic carbocycles. The molecule has 1 aliphatic heterocycles. The van der Waals surface area contributed by atoms with E-state index >= 15 is 0 Å². The number of methoxy groups -OCH3 is 1. The number of hydrogen-bond acceptors (Lipinski definition) is 9. The van der Waals surface area contributed by atoms with Crippen LogP contribution in [0.3, 0.4) is 0 Å². The number of H-pyrrole nitrogens is 1. The van der Waals surface area contributed by atoms with Crippen LogP contribution >= 0.6 is 0 Å². The van der Waals surface area contributed by atoms with Crippen molar-refractivity contribution >= 4 is 22.9 Å². The number of nitrogen functional groups attached to an aromatic ring is 1. The normalized spacial score (nSPS) is 27.0. The summed E-state index contributed by atoms with van der Waals surface area (Å²) in [5, 5.41) is 19.4. The SMILES string of the molecule is COCC(=O)[C@]1(n2cnc3c(=O)[nH]c(N)nc32)C[C@H](O)[C@@H](CO)O1. The van der Waals surface area contributed by atoms with Crippen molar-refractivity contribution in [2.75, 3.05) is 26.1 Å². The van der Waals surface area contributed by atoms with Gasteiger partial charge in [-0.2, -0.15) is 4.98 Å². The van der Waals surface area contributed by atoms with E-state index in [4.69, 9.17) is 15.2 Å². The molecule has 5 N–H and O–H groups in total. The van der Waals surface area contributed by atoms with E-state index in [1.54, 1.807) is 0 Å². The number of anilines is 1. The molecule has 11 nitrogen and oxygen atoms in total. The first kappa shape index (κ1) is 16.5. The van der Waals surface area contributed by atoms with Gasteiger partial charge in [-0.15, -0.1) is 0 Å². The molecule has 3 rings (SSSR count). The molecule has 1 saturated heterocycles. The molecular formula is C13H17N5O6. The molecule has 11 heteroatoms. The van der Waals surface area contributed by atoms with Crippen molar-refractivity contribution in [1.82, 2.24) is 19.5 Å². The van der Waals surface area contributed by atoms with Crippen LogP contribution in [0.1, 0.15) is 6.42 Å². The second-order valence-corrected chi connectivity index (χ2v) is 5.49. The number of nitrogens with two attached hydrogens (primary N) is 1. The second-order valence-electron chi connectivity index (χ2n) is 5.49. The molecule has 130 valence electrons. The number of rotatable bonds is 5. The third kappa shape index (κ3) is 2.38. The van der Waals surface area contributed by atoms with Crippen molar-refractivity contribution in [2.24, 2.45) is 0 Å². The summed E-state index contributed by atoms with van der Waals surface area (Å²) >= 11 is 0. The van der Waals surface area contributed by atoms with Crippen LogP contribution in [0.4, 0.5) is 5.95 Å². The van der Waals surface area contributed by atoms with Gasteiger partial charge in [0.25, 0.3) is 5.56 Å². The largest absolute Gasteiger partial charge is 0.394 e. The number of fused-ring (bicyclic) bond motifs is 1. The number of carbonyl (C=O) groups excluding carboxylic acids is 1. The summed E-state index contributed by atoms with van der Waals surface area (Å²) in [6, 6.07) is 0. The van der Waals surface area contributed by atoms with Gasteiger partial charge in [-0.05, 0) is 0 Å². The Hall–Kier alpha value is -2.34. The van der Waals surface area contributed by atoms with Crippen molar-refractivity contribution in [1.29, 1.82) is 0 Å². The molecule has 0 saturated carbocycles. The second kappa shape index (κ2) is 5.94. The third-order valence-electron chi connectivity index (χ3n) is 3.97. The fourth-order valence-corrected chi connectivity index (χ4v) is 2.85. The molecule has 1 aliphatic rings. The van der Waals surface area contributed by atoms with Crippen molar-refractivity contribution < 1.29 is 24.5 Å². The summed E-state index contributed by atoms with van der Waals surface area (Å²) in [5.41, 5.74) is 3.30. The molecule has 3 heterocycles. The number of aliphatic hydroxyl groups excluding tert-OH is 2. The van der Waals surface area contributed by atoms with E-state index in [1.165, 1.54) is 18.0 Å². The fourth-order valence-electron chi connectivity index (χ4n) is 2.85. The molecule has 0 bridgehead atoms. The molecule has 0 amide bonds. The van der Waals surface area contributed by atoms with Gasteiger partial charge in [-0.3, -0.25) is 19.1 Å². The highest BCUT2D eigenvalue weighted by Crippen LogP contribution is 2.37. The fraction of sp³-hybridized carbons (Fsp3) is 0.538. The molecule has 0 radical (unpaired) electrons. The highest BCUT2D eigenvalue weighted by molar-refractivity contribution is 5.88. The van der Waals surface area contributed by atoms with Crippen LogP contribution in [0.5, 0.6) is 0 Å². The summed E-state index contributed by atoms with van der Waals surface area (Å²) in [6.07, 6.45) is -0.998. The lowest BCUT2D eigenvalue weighted by molar-refractivity contribution is -0.164. The molecule has 0 unspecified atom stereocenters. The monoisotopic (exact) mass is 339 g/mol. The summed E-state index contributed by atoms with van der Waals surface area (Å²) < 4.78 is 11.8. The van der Waals surface area contributed by atoms with E-state index < -0.39 is 35.9 Å². The van der Waals surface area contributed by atoms with Crippen LogP contribution in [-0.4, -0.2) is 68.0 Å². The number of aromatic amines is 1. The zero-order valence-electron chi connectivity index (χ0n) is 12.8. The Bertz CT molecular complexity index is 832. The number of aromatic nitrogens is 4. The maximum Gasteiger partial charge on any atom is 0.280 e. The van der Waals surface area contributed by atoms with E-state index in [0.29, 0.717) is 0 Å². The Morgan fingerprint density at radius 1 is 1.67 bits per heavy atom. The van der Waals surface area contributed by atoms with Crippen molar-refractivity contribution in [3.63, 3.8) is 0 Å². The maximum atomic E-state index is 12.6. The Kier molecular flexibility index (Phi) is 4.09. The van der Waals surface area contributed by atoms with Gasteiger partial charge in [-0.1, -0.05) is 0 Å².